The molecule has 6 heterocycles. The number of aliphatic hydroxyl groups is 4. The van der Waals surface area contributed by atoms with E-state index in [4.69, 9.17) is 23.4 Å². The van der Waals surface area contributed by atoms with Crippen LogP contribution in [0.15, 0.2) is 154 Å². The molecule has 1 aromatic heterocycles. The van der Waals surface area contributed by atoms with Gasteiger partial charge in [0.1, 0.15) is 18.1 Å². The Labute approximate surface area is 559 Å². The van der Waals surface area contributed by atoms with Crippen molar-refractivity contribution in [2.24, 2.45) is 35.0 Å². The normalized spacial score (nSPS) is 33.9. The molecule has 2 saturated carbocycles. The van der Waals surface area contributed by atoms with Crippen LogP contribution in [0, 0.1) is 46.8 Å². The van der Waals surface area contributed by atoms with Gasteiger partial charge in [-0.2, -0.15) is 0 Å². The zero-order chi connectivity index (χ0) is 64.8. The van der Waals surface area contributed by atoms with Crippen LogP contribution < -0.4 is 10.4 Å². The summed E-state index contributed by atoms with van der Waals surface area (Å²) in [6.07, 6.45) is 24.9. The fraction of sp³-hybridized carbons (Fsp3) is 0.440. The van der Waals surface area contributed by atoms with E-state index in [0.29, 0.717) is 53.4 Å². The lowest BCUT2D eigenvalue weighted by molar-refractivity contribution is -0.210. The lowest BCUT2D eigenvalue weighted by Crippen LogP contribution is -2.64. The van der Waals surface area contributed by atoms with Gasteiger partial charge in [-0.25, -0.2) is 9.59 Å². The Morgan fingerprint density at radius 2 is 1.61 bits per heavy atom. The van der Waals surface area contributed by atoms with Crippen molar-refractivity contribution >= 4 is 34.6 Å². The molecule has 5 aliphatic heterocycles. The lowest BCUT2D eigenvalue weighted by atomic mass is 9.48. The molecule has 0 amide bonds. The number of carbonyl (C=O) groups is 2. The topological polar surface area (TPSA) is 182 Å². The quantitative estimate of drug-likeness (QED) is 0.0354. The highest BCUT2D eigenvalue weighted by atomic mass is 16.6. The van der Waals surface area contributed by atoms with E-state index in [0.717, 1.165) is 49.7 Å². The van der Waals surface area contributed by atoms with E-state index in [-0.39, 0.29) is 120 Å². The van der Waals surface area contributed by atoms with Gasteiger partial charge >= 0.3 is 17.6 Å². The Balaban J connectivity index is 0.871. The highest BCUT2D eigenvalue weighted by Crippen LogP contribution is 2.71. The number of allylic oxidation sites excluding steroid dienone is 6. The Kier molecular flexibility index (Phi) is 14.8. The first-order valence-corrected chi connectivity index (χ1v) is 35.7. The third-order valence-corrected chi connectivity index (χ3v) is 26.2. The Hall–Kier alpha value is -7.89. The number of aliphatic hydroxyl groups excluding tert-OH is 4. The molecular formula is C84H82O12. The number of carbonyl (C=O) groups excluding carboxylic acids is 2. The summed E-state index contributed by atoms with van der Waals surface area (Å²) in [4.78, 5) is 47.9. The van der Waals surface area contributed by atoms with Gasteiger partial charge in [0.15, 0.2) is 17.8 Å². The first-order chi connectivity index (χ1) is 47.1. The first kappa shape index (κ1) is 60.5. The highest BCUT2D eigenvalue weighted by Gasteiger charge is 2.70. The van der Waals surface area contributed by atoms with Crippen LogP contribution in [-0.2, 0) is 42.2 Å². The van der Waals surface area contributed by atoms with Crippen LogP contribution in [0.5, 0.6) is 5.75 Å². The van der Waals surface area contributed by atoms with E-state index >= 15 is 14.4 Å². The molecule has 8 aliphatic carbocycles. The van der Waals surface area contributed by atoms with Gasteiger partial charge in [-0.05, 0) is 197 Å². The van der Waals surface area contributed by atoms with Gasteiger partial charge in [0, 0.05) is 83.3 Å². The second-order valence-corrected chi connectivity index (χ2v) is 30.1. The molecule has 4 N–H and O–H groups in total. The summed E-state index contributed by atoms with van der Waals surface area (Å²) in [5.41, 5.74) is 12.6. The van der Waals surface area contributed by atoms with Gasteiger partial charge in [0.05, 0.1) is 25.4 Å². The van der Waals surface area contributed by atoms with E-state index < -0.39 is 66.7 Å². The molecule has 16 atom stereocenters. The number of benzene rings is 5. The van der Waals surface area contributed by atoms with Crippen LogP contribution in [-0.4, -0.2) is 70.7 Å². The van der Waals surface area contributed by atoms with Gasteiger partial charge in [-0.1, -0.05) is 146 Å². The Bertz CT molecular complexity index is 4530. The molecule has 12 nitrogen and oxygen atoms in total. The predicted molar refractivity (Wildman–Crippen MR) is 364 cm³/mol. The number of esters is 2. The number of hydrogen-bond donors (Lipinski definition) is 4. The van der Waals surface area contributed by atoms with Gasteiger partial charge < -0.3 is 43.8 Å². The maximum absolute atomic E-state index is 16.4. The molecule has 490 valence electrons. The molecule has 19 rings (SSSR count). The van der Waals surface area contributed by atoms with Crippen molar-refractivity contribution in [3.63, 3.8) is 0 Å². The fourth-order valence-corrected chi connectivity index (χ4v) is 22.3. The van der Waals surface area contributed by atoms with Gasteiger partial charge in [-0.3, -0.25) is 4.79 Å². The lowest BCUT2D eigenvalue weighted by Gasteiger charge is -2.56. The standard InChI is InChI=1S/C84H82O12/c85-35-32-54(45-92-46-88)75-68(44-87)64-30-31-72-76(77(64)94-81(75)91)78-79-83(96-72)34-9-33-82-42-52-21-20-51(38-66(80(90)95-79)53(43-86)12-2-1-11-48-39-71(82)67(41-73(82)83)62-16-5-4-15-59(48)62)61-28-24-50(37-65(52)61)58-27-23-49(36-55(58)40-74(89)93-78)60-17-8-19-70-63(60)29-26-57-14-7-13-56-25-22-47-10-3-6-18-69(47)84(56,57)70/h3-6,8-10,15-19,22-25,27-28,30-31,33,37,39,49,51-52,54-58,67,71,73,78-79,85-88H,7,11-14,20-21,26,29,32,34-36,38,40-46H2/b66-53-/t49-,51+,52+,54+,55-,56+,57+,58+,67-,71-,73-,78-,79+,82-,83+,84+/m1/s1. The summed E-state index contributed by atoms with van der Waals surface area (Å²) in [5.74, 6) is 5.39. The zero-order valence-electron chi connectivity index (χ0n) is 54.2. The van der Waals surface area contributed by atoms with Crippen LogP contribution >= 0.6 is 0 Å². The minimum atomic E-state index is -1.43. The molecule has 1 saturated heterocycles. The van der Waals surface area contributed by atoms with Crippen LogP contribution in [0.2, 0.25) is 0 Å². The number of ether oxygens (including phenoxy) is 4. The van der Waals surface area contributed by atoms with Gasteiger partial charge in [0.2, 0.25) is 0 Å². The summed E-state index contributed by atoms with van der Waals surface area (Å²) >= 11 is 0. The first-order valence-electron chi connectivity index (χ1n) is 35.7. The number of fused-ring (bicyclic) bond motifs is 13. The molecule has 3 fully saturated rings. The van der Waals surface area contributed by atoms with Gasteiger partial charge in [-0.15, -0.1) is 0 Å². The van der Waals surface area contributed by atoms with Crippen molar-refractivity contribution in [1.82, 2.24) is 0 Å². The molecule has 13 aliphatic rings. The largest absolute Gasteiger partial charge is 0.482 e. The van der Waals surface area contributed by atoms with Crippen LogP contribution in [0.25, 0.3) is 22.6 Å². The minimum Gasteiger partial charge on any atom is -0.482 e. The number of rotatable bonds is 9. The van der Waals surface area contributed by atoms with Crippen molar-refractivity contribution in [3.8, 4) is 17.6 Å². The maximum Gasteiger partial charge on any atom is 0.340 e. The smallest absolute Gasteiger partial charge is 0.340 e. The molecular weight excluding hydrogens is 1200 g/mol. The summed E-state index contributed by atoms with van der Waals surface area (Å²) in [6, 6.07) is 35.6. The third-order valence-electron chi connectivity index (χ3n) is 26.2. The molecule has 6 aromatic rings. The van der Waals surface area contributed by atoms with Crippen LogP contribution in [0.1, 0.15) is 210 Å². The average molecular weight is 1280 g/mol. The van der Waals surface area contributed by atoms with Crippen molar-refractivity contribution < 1.29 is 53.4 Å². The molecule has 96 heavy (non-hydrogen) atoms. The molecule has 5 aromatic carbocycles. The SMILES string of the molecule is O=C1C[C@H]2C[C@H](c3cccc4c3CC[C@@H]3CCC[C@H]5C=Cc6ccccc6[C@@]435)C=C[C@H]2c2ccc3c(c2)[C@H]2CC[C@H]3C/C3=C(/CO)CC#CCC4=C[C@@H]5[C@H](C[C@@H]6[C@]5(C=CC[C@]65Oc6ccc7c(CO)c([C@@H](CCO)COCO)c(=O)oc7c6[C@@H](O1)[C@@H]5OC3=O)C2)c1ccccc14. The van der Waals surface area contributed by atoms with Crippen molar-refractivity contribution in [2.75, 3.05) is 26.6 Å². The monoisotopic (exact) mass is 1280 g/mol. The Morgan fingerprint density at radius 3 is 2.50 bits per heavy atom. The van der Waals surface area contributed by atoms with Crippen LogP contribution in [0.3, 0.4) is 0 Å². The van der Waals surface area contributed by atoms with Crippen LogP contribution in [0.4, 0.5) is 0 Å². The highest BCUT2D eigenvalue weighted by molar-refractivity contribution is 5.91. The van der Waals surface area contributed by atoms with Crippen molar-refractivity contribution in [3.05, 3.63) is 227 Å². The van der Waals surface area contributed by atoms with Gasteiger partial charge in [0.25, 0.3) is 0 Å². The third kappa shape index (κ3) is 8.94. The Morgan fingerprint density at radius 1 is 0.760 bits per heavy atom. The fourth-order valence-electron chi connectivity index (χ4n) is 22.3. The summed E-state index contributed by atoms with van der Waals surface area (Å²) in [5, 5.41) is 43.7. The summed E-state index contributed by atoms with van der Waals surface area (Å²) in [7, 11) is 0. The van der Waals surface area contributed by atoms with E-state index in [2.05, 4.69) is 139 Å². The van der Waals surface area contributed by atoms with E-state index in [1.807, 2.05) is 6.07 Å². The minimum absolute atomic E-state index is 0.00495. The molecule has 2 spiro atoms. The van der Waals surface area contributed by atoms with Crippen molar-refractivity contribution in [2.45, 2.75) is 168 Å². The zero-order valence-corrected chi connectivity index (χ0v) is 54.2. The molecule has 12 bridgehead atoms. The number of hydrogen-bond acceptors (Lipinski definition) is 12. The molecule has 0 unspecified atom stereocenters. The second-order valence-electron chi connectivity index (χ2n) is 30.1. The van der Waals surface area contributed by atoms with E-state index in [1.165, 1.54) is 62.9 Å². The molecule has 0 radical (unpaired) electrons. The second kappa shape index (κ2) is 23.4. The van der Waals surface area contributed by atoms with E-state index in [1.54, 1.807) is 6.07 Å². The average Bonchev–Trinajstić information content (AvgIpc) is 1.39. The summed E-state index contributed by atoms with van der Waals surface area (Å²) in [6.45, 7) is -2.13. The summed E-state index contributed by atoms with van der Waals surface area (Å²) < 4.78 is 34.9. The van der Waals surface area contributed by atoms with Crippen molar-refractivity contribution in [1.29, 1.82) is 0 Å². The maximum atomic E-state index is 16.4. The molecule has 12 heteroatoms. The van der Waals surface area contributed by atoms with E-state index in [9.17, 15) is 20.4 Å². The predicted octanol–water partition coefficient (Wildman–Crippen LogP) is 14.2.